The number of terminal acetylenes is 3. The van der Waals surface area contributed by atoms with Crippen LogP contribution in [0, 0.1) is 47.9 Å². The first-order valence-corrected chi connectivity index (χ1v) is 18.2. The van der Waals surface area contributed by atoms with Crippen LogP contribution < -0.4 is 10.6 Å². The van der Waals surface area contributed by atoms with Gasteiger partial charge in [0.05, 0.1) is 58.5 Å². The summed E-state index contributed by atoms with van der Waals surface area (Å²) in [5, 5.41) is 16.1. The molecule has 0 aromatic heterocycles. The standard InChI is InChI=1S/C39H58N2O11/c1-4-17-47-23-26-50-20-7-8-33(42)9-12-37(29-34(43)38-30-39(46,31-38)32-38,13-10-35(44)40-15-21-51-27-24-48-18-5-2)14-11-36(45)41-16-22-52-28-25-49-19-6-3/h1-3,46H,7-32H2,(H,40,44)(H,41,45). The van der Waals surface area contributed by atoms with E-state index in [0.29, 0.717) is 111 Å². The Labute approximate surface area is 309 Å². The van der Waals surface area contributed by atoms with E-state index in [0.717, 1.165) is 0 Å². The van der Waals surface area contributed by atoms with Crippen LogP contribution in [-0.2, 0) is 47.6 Å². The average Bonchev–Trinajstić information content (AvgIpc) is 3.10. The summed E-state index contributed by atoms with van der Waals surface area (Å²) in [5.74, 6) is 6.75. The van der Waals surface area contributed by atoms with E-state index in [1.54, 1.807) is 0 Å². The maximum atomic E-state index is 13.8. The first-order chi connectivity index (χ1) is 25.1. The molecular weight excluding hydrogens is 672 g/mol. The van der Waals surface area contributed by atoms with Crippen molar-refractivity contribution in [3.8, 4) is 37.0 Å². The van der Waals surface area contributed by atoms with Crippen molar-refractivity contribution in [2.24, 2.45) is 10.8 Å². The van der Waals surface area contributed by atoms with Gasteiger partial charge in [0.15, 0.2) is 0 Å². The molecule has 0 spiro atoms. The Hall–Kier alpha value is -3.32. The Morgan fingerprint density at radius 1 is 0.596 bits per heavy atom. The van der Waals surface area contributed by atoms with Gasteiger partial charge in [0, 0.05) is 57.2 Å². The zero-order valence-corrected chi connectivity index (χ0v) is 30.6. The van der Waals surface area contributed by atoms with Gasteiger partial charge in [-0.1, -0.05) is 17.8 Å². The Morgan fingerprint density at radius 2 is 1.02 bits per heavy atom. The fourth-order valence-electron chi connectivity index (χ4n) is 6.61. The zero-order chi connectivity index (χ0) is 38.0. The molecule has 3 aliphatic carbocycles. The Balaban J connectivity index is 1.99. The molecule has 0 aromatic rings. The molecule has 3 fully saturated rings. The number of ether oxygens (including phenoxy) is 6. The molecule has 13 heteroatoms. The lowest BCUT2D eigenvalue weighted by Crippen LogP contribution is -2.70. The van der Waals surface area contributed by atoms with Crippen molar-refractivity contribution in [1.82, 2.24) is 10.6 Å². The van der Waals surface area contributed by atoms with Gasteiger partial charge in [-0.15, -0.1) is 19.3 Å². The summed E-state index contributed by atoms with van der Waals surface area (Å²) in [6, 6.07) is 0. The first-order valence-electron chi connectivity index (χ1n) is 18.2. The van der Waals surface area contributed by atoms with Crippen LogP contribution in [0.5, 0.6) is 0 Å². The van der Waals surface area contributed by atoms with E-state index in [1.807, 2.05) is 0 Å². The summed E-state index contributed by atoms with van der Waals surface area (Å²) < 4.78 is 32.0. The predicted octanol–water partition coefficient (Wildman–Crippen LogP) is 1.77. The van der Waals surface area contributed by atoms with E-state index >= 15 is 0 Å². The molecular formula is C39H58N2O11. The van der Waals surface area contributed by atoms with Crippen molar-refractivity contribution in [2.45, 2.75) is 82.7 Å². The van der Waals surface area contributed by atoms with Crippen molar-refractivity contribution in [3.63, 3.8) is 0 Å². The van der Waals surface area contributed by atoms with E-state index in [-0.39, 0.29) is 82.1 Å². The minimum Gasteiger partial charge on any atom is -0.390 e. The molecule has 0 aliphatic heterocycles. The molecule has 2 bridgehead atoms. The molecule has 0 heterocycles. The Morgan fingerprint density at radius 3 is 1.46 bits per heavy atom. The van der Waals surface area contributed by atoms with Crippen LogP contribution >= 0.6 is 0 Å². The van der Waals surface area contributed by atoms with Gasteiger partial charge >= 0.3 is 0 Å². The van der Waals surface area contributed by atoms with Crippen molar-refractivity contribution in [3.05, 3.63) is 0 Å². The second-order valence-electron chi connectivity index (χ2n) is 13.6. The SMILES string of the molecule is C#CCOCCOCCCC(=O)CCC(CCC(=O)NCCOCCOCC#C)(CCC(=O)NCCOCCOCC#C)CC(=O)C12CC(O)(C1)C2. The number of carbonyl (C=O) groups is 4. The largest absolute Gasteiger partial charge is 0.390 e. The summed E-state index contributed by atoms with van der Waals surface area (Å²) in [4.78, 5) is 52.8. The molecule has 52 heavy (non-hydrogen) atoms. The third-order valence-corrected chi connectivity index (χ3v) is 9.38. The summed E-state index contributed by atoms with van der Waals surface area (Å²) in [6.07, 6.45) is 19.1. The maximum absolute atomic E-state index is 13.8. The van der Waals surface area contributed by atoms with Crippen LogP contribution in [0.4, 0.5) is 0 Å². The lowest BCUT2D eigenvalue weighted by molar-refractivity contribution is -0.250. The molecule has 0 radical (unpaired) electrons. The van der Waals surface area contributed by atoms with Gasteiger partial charge in [-0.05, 0) is 50.4 Å². The van der Waals surface area contributed by atoms with Gasteiger partial charge < -0.3 is 44.2 Å². The van der Waals surface area contributed by atoms with E-state index in [4.69, 9.17) is 47.7 Å². The van der Waals surface area contributed by atoms with E-state index < -0.39 is 16.4 Å². The van der Waals surface area contributed by atoms with Gasteiger partial charge in [0.2, 0.25) is 11.8 Å². The summed E-state index contributed by atoms with van der Waals surface area (Å²) in [6.45, 7) is 4.32. The number of rotatable bonds is 34. The topological polar surface area (TPSA) is 168 Å². The Bertz CT molecular complexity index is 1100. The molecule has 0 atom stereocenters. The van der Waals surface area contributed by atoms with E-state index in [9.17, 15) is 24.3 Å². The lowest BCUT2D eigenvalue weighted by Gasteiger charge is -2.67. The van der Waals surface area contributed by atoms with Crippen LogP contribution in [-0.4, -0.2) is 126 Å². The van der Waals surface area contributed by atoms with Crippen molar-refractivity contribution < 1.29 is 52.7 Å². The number of Topliss-reactive ketones (excluding diaryl/α,β-unsaturated/α-hetero) is 2. The molecule has 2 amide bonds. The molecule has 0 unspecified atom stereocenters. The van der Waals surface area contributed by atoms with Gasteiger partial charge in [-0.3, -0.25) is 19.2 Å². The monoisotopic (exact) mass is 730 g/mol. The van der Waals surface area contributed by atoms with Gasteiger partial charge in [0.1, 0.15) is 31.4 Å². The molecule has 3 rings (SSSR count). The highest BCUT2D eigenvalue weighted by Gasteiger charge is 2.70. The normalized spacial score (nSPS) is 18.6. The average molecular weight is 731 g/mol. The van der Waals surface area contributed by atoms with Crippen LogP contribution in [0.2, 0.25) is 0 Å². The van der Waals surface area contributed by atoms with Crippen LogP contribution in [0.25, 0.3) is 0 Å². The van der Waals surface area contributed by atoms with Gasteiger partial charge in [-0.2, -0.15) is 0 Å². The number of nitrogens with one attached hydrogen (secondary N) is 2. The molecule has 0 aromatic carbocycles. The molecule has 3 aliphatic rings. The third kappa shape index (κ3) is 17.9. The zero-order valence-electron chi connectivity index (χ0n) is 30.6. The number of amides is 2. The number of hydrogen-bond acceptors (Lipinski definition) is 11. The summed E-state index contributed by atoms with van der Waals surface area (Å²) >= 11 is 0. The fraction of sp³-hybridized carbons (Fsp3) is 0.744. The van der Waals surface area contributed by atoms with Crippen LogP contribution in [0.15, 0.2) is 0 Å². The molecule has 290 valence electrons. The number of aliphatic hydroxyl groups is 1. The second kappa shape index (κ2) is 25.6. The highest BCUT2D eigenvalue weighted by Crippen LogP contribution is 2.68. The van der Waals surface area contributed by atoms with Crippen molar-refractivity contribution >= 4 is 23.4 Å². The smallest absolute Gasteiger partial charge is 0.220 e. The predicted molar refractivity (Wildman–Crippen MR) is 193 cm³/mol. The number of hydrogen-bond donors (Lipinski definition) is 3. The van der Waals surface area contributed by atoms with Crippen LogP contribution in [0.3, 0.4) is 0 Å². The molecule has 13 nitrogen and oxygen atoms in total. The quantitative estimate of drug-likeness (QED) is 0.0652. The third-order valence-electron chi connectivity index (χ3n) is 9.38. The minimum atomic E-state index is -0.778. The maximum Gasteiger partial charge on any atom is 0.220 e. The highest BCUT2D eigenvalue weighted by molar-refractivity contribution is 5.89. The first kappa shape index (κ1) is 44.8. The van der Waals surface area contributed by atoms with Gasteiger partial charge in [0.25, 0.3) is 0 Å². The van der Waals surface area contributed by atoms with Crippen molar-refractivity contribution in [1.29, 1.82) is 0 Å². The molecule has 3 saturated carbocycles. The molecule has 0 saturated heterocycles. The Kier molecular flexibility index (Phi) is 22.1. The lowest BCUT2D eigenvalue weighted by atomic mass is 9.39. The summed E-state index contributed by atoms with van der Waals surface area (Å²) in [5.41, 5.74) is -2.09. The molecule has 3 N–H and O–H groups in total. The minimum absolute atomic E-state index is 0.0180. The number of carbonyl (C=O) groups excluding carboxylic acids is 4. The van der Waals surface area contributed by atoms with E-state index in [2.05, 4.69) is 28.4 Å². The summed E-state index contributed by atoms with van der Waals surface area (Å²) in [7, 11) is 0. The van der Waals surface area contributed by atoms with Crippen LogP contribution in [0.1, 0.15) is 77.0 Å². The van der Waals surface area contributed by atoms with Crippen molar-refractivity contribution in [2.75, 3.05) is 92.4 Å². The fourth-order valence-corrected chi connectivity index (χ4v) is 6.61. The van der Waals surface area contributed by atoms with E-state index in [1.165, 1.54) is 0 Å². The number of ketones is 2. The van der Waals surface area contributed by atoms with Gasteiger partial charge in [-0.25, -0.2) is 0 Å². The second-order valence-corrected chi connectivity index (χ2v) is 13.6. The highest BCUT2D eigenvalue weighted by atomic mass is 16.5.